The van der Waals surface area contributed by atoms with Gasteiger partial charge in [-0.1, -0.05) is 102 Å². The number of aromatic nitrogens is 1. The molecule has 0 N–H and O–H groups in total. The highest BCUT2D eigenvalue weighted by molar-refractivity contribution is 5.87. The minimum Gasteiger partial charge on any atom is -0.340 e. The van der Waals surface area contributed by atoms with Crippen LogP contribution in [0.4, 0.5) is 0 Å². The summed E-state index contributed by atoms with van der Waals surface area (Å²) in [5.41, 5.74) is 7.35. The molecule has 8 atom stereocenters. The highest BCUT2D eigenvalue weighted by atomic mass is 15.0. The zero-order valence-electron chi connectivity index (χ0n) is 26.7. The quantitative estimate of drug-likeness (QED) is 0.276. The Bertz CT molecular complexity index is 1360. The second-order valence-electron chi connectivity index (χ2n) is 16.0. The molecule has 0 unspecified atom stereocenters. The van der Waals surface area contributed by atoms with E-state index in [1.807, 2.05) is 0 Å². The summed E-state index contributed by atoms with van der Waals surface area (Å²) < 4.78 is 2.70. The first-order valence-corrected chi connectivity index (χ1v) is 17.4. The van der Waals surface area contributed by atoms with Crippen LogP contribution in [0.1, 0.15) is 122 Å². The third-order valence-electron chi connectivity index (χ3n) is 13.6. The molecule has 0 radical (unpaired) electrons. The van der Waals surface area contributed by atoms with Crippen LogP contribution in [-0.4, -0.2) is 4.57 Å². The number of para-hydroxylation sites is 1. The topological polar surface area (TPSA) is 4.93 Å². The Balaban J connectivity index is 1.17. The molecule has 0 saturated heterocycles. The van der Waals surface area contributed by atoms with E-state index in [0.29, 0.717) is 10.8 Å². The zero-order valence-corrected chi connectivity index (χ0v) is 26.7. The second-order valence-corrected chi connectivity index (χ2v) is 16.0. The van der Waals surface area contributed by atoms with Crippen LogP contribution in [-0.2, 0) is 13.0 Å². The van der Waals surface area contributed by atoms with E-state index in [9.17, 15) is 0 Å². The van der Waals surface area contributed by atoms with Gasteiger partial charge in [-0.2, -0.15) is 0 Å². The Hall–Kier alpha value is -2.02. The fourth-order valence-electron chi connectivity index (χ4n) is 11.7. The molecule has 3 fully saturated rings. The van der Waals surface area contributed by atoms with E-state index >= 15 is 0 Å². The fourth-order valence-corrected chi connectivity index (χ4v) is 11.7. The third-order valence-corrected chi connectivity index (χ3v) is 13.6. The summed E-state index contributed by atoms with van der Waals surface area (Å²) in [6.07, 6.45) is 15.8. The summed E-state index contributed by atoms with van der Waals surface area (Å²) in [5.74, 6) is 6.29. The van der Waals surface area contributed by atoms with Crippen molar-refractivity contribution in [1.82, 2.24) is 4.57 Å². The lowest BCUT2D eigenvalue weighted by Gasteiger charge is -2.60. The molecule has 1 aromatic heterocycles. The van der Waals surface area contributed by atoms with Crippen molar-refractivity contribution >= 4 is 10.9 Å². The Morgan fingerprint density at radius 3 is 2.34 bits per heavy atom. The van der Waals surface area contributed by atoms with Crippen molar-refractivity contribution in [3.05, 3.63) is 71.4 Å². The molecule has 0 amide bonds. The molecule has 4 aliphatic rings. The van der Waals surface area contributed by atoms with Gasteiger partial charge in [-0.3, -0.25) is 0 Å². The minimum absolute atomic E-state index is 0.458. The van der Waals surface area contributed by atoms with Crippen LogP contribution < -0.4 is 0 Å². The van der Waals surface area contributed by atoms with E-state index in [2.05, 4.69) is 93.8 Å². The lowest BCUT2D eigenvalue weighted by atomic mass is 9.44. The van der Waals surface area contributed by atoms with Gasteiger partial charge in [0.05, 0.1) is 0 Å². The Morgan fingerprint density at radius 1 is 0.780 bits per heavy atom. The van der Waals surface area contributed by atoms with Gasteiger partial charge in [0.1, 0.15) is 0 Å². The number of benzene rings is 2. The SMILES string of the molecule is CC(C)CCC[C@@H](C)[C@H]1CC[C@H]2[C@@H]3CC[C@@H]4c5c(n(Cc6ccccc6)c6ccccc56)CC[C@]4(C)[C@H]3CC[C@]12C. The second kappa shape index (κ2) is 10.6. The van der Waals surface area contributed by atoms with E-state index < -0.39 is 0 Å². The molecule has 7 rings (SSSR count). The van der Waals surface area contributed by atoms with Crippen LogP contribution in [0.15, 0.2) is 54.6 Å². The van der Waals surface area contributed by atoms with E-state index in [1.165, 1.54) is 81.7 Å². The van der Waals surface area contributed by atoms with Gasteiger partial charge in [-0.15, -0.1) is 0 Å². The molecule has 0 bridgehead atoms. The van der Waals surface area contributed by atoms with Crippen molar-refractivity contribution in [2.24, 2.45) is 46.3 Å². The number of hydrogen-bond acceptors (Lipinski definition) is 0. The van der Waals surface area contributed by atoms with Crippen LogP contribution in [0.3, 0.4) is 0 Å². The molecule has 0 spiro atoms. The van der Waals surface area contributed by atoms with Crippen LogP contribution in [0.5, 0.6) is 0 Å². The number of fused-ring (bicyclic) bond motifs is 9. The monoisotopic (exact) mass is 549 g/mol. The highest BCUT2D eigenvalue weighted by Crippen LogP contribution is 2.70. The van der Waals surface area contributed by atoms with Gasteiger partial charge >= 0.3 is 0 Å². The summed E-state index contributed by atoms with van der Waals surface area (Å²) in [6, 6.07) is 20.5. The zero-order chi connectivity index (χ0) is 28.4. The first-order chi connectivity index (χ1) is 19.8. The normalized spacial score (nSPS) is 35.1. The summed E-state index contributed by atoms with van der Waals surface area (Å²) in [4.78, 5) is 0. The van der Waals surface area contributed by atoms with E-state index in [-0.39, 0.29) is 0 Å². The third kappa shape index (κ3) is 4.46. The smallest absolute Gasteiger partial charge is 0.0488 e. The van der Waals surface area contributed by atoms with Crippen molar-refractivity contribution in [2.75, 3.05) is 0 Å². The molecule has 41 heavy (non-hydrogen) atoms. The maximum atomic E-state index is 2.76. The molecular weight excluding hydrogens is 494 g/mol. The molecule has 1 nitrogen and oxygen atoms in total. The largest absolute Gasteiger partial charge is 0.340 e. The van der Waals surface area contributed by atoms with Gasteiger partial charge in [-0.25, -0.2) is 0 Å². The predicted molar refractivity (Wildman–Crippen MR) is 174 cm³/mol. The molecule has 4 aliphatic carbocycles. The maximum absolute atomic E-state index is 2.76. The van der Waals surface area contributed by atoms with Crippen molar-refractivity contribution < 1.29 is 0 Å². The summed E-state index contributed by atoms with van der Waals surface area (Å²) in [6.45, 7) is 13.9. The lowest BCUT2D eigenvalue weighted by molar-refractivity contribution is -0.0897. The minimum atomic E-state index is 0.458. The summed E-state index contributed by atoms with van der Waals surface area (Å²) in [5, 5.41) is 1.56. The van der Waals surface area contributed by atoms with Gasteiger partial charge in [-0.05, 0) is 121 Å². The number of hydrogen-bond donors (Lipinski definition) is 0. The summed E-state index contributed by atoms with van der Waals surface area (Å²) >= 11 is 0. The maximum Gasteiger partial charge on any atom is 0.0488 e. The molecule has 3 aromatic rings. The first-order valence-electron chi connectivity index (χ1n) is 17.4. The van der Waals surface area contributed by atoms with Gasteiger partial charge in [0.2, 0.25) is 0 Å². The molecule has 2 aromatic carbocycles. The molecule has 1 heterocycles. The first kappa shape index (κ1) is 27.8. The van der Waals surface area contributed by atoms with Crippen molar-refractivity contribution in [1.29, 1.82) is 0 Å². The predicted octanol–water partition coefficient (Wildman–Crippen LogP) is 11.0. The Kier molecular flexibility index (Phi) is 7.19. The average Bonchev–Trinajstić information content (AvgIpc) is 3.48. The van der Waals surface area contributed by atoms with Crippen molar-refractivity contribution in [3.8, 4) is 0 Å². The molecule has 0 aliphatic heterocycles. The standard InChI is InChI=1S/C40H55N/c1-27(2)12-11-13-28(3)32-20-21-33-30-18-19-35-38-31-16-9-10-17-36(31)41(26-29-14-7-6-8-15-29)37(38)23-25-40(35,5)34(30)22-24-39(32,33)4/h6-10,14-17,27-28,30,32-35H,11-13,18-26H2,1-5H3/t28-,30+,32-,33+,34+,35-,39-,40-/m1/s1. The fraction of sp³-hybridized carbons (Fsp3) is 0.650. The number of rotatable bonds is 7. The summed E-state index contributed by atoms with van der Waals surface area (Å²) in [7, 11) is 0. The van der Waals surface area contributed by atoms with Gasteiger partial charge in [0, 0.05) is 23.1 Å². The van der Waals surface area contributed by atoms with Crippen molar-refractivity contribution in [3.63, 3.8) is 0 Å². The van der Waals surface area contributed by atoms with Crippen LogP contribution in [0.2, 0.25) is 0 Å². The van der Waals surface area contributed by atoms with Gasteiger partial charge < -0.3 is 4.57 Å². The Morgan fingerprint density at radius 2 is 1.54 bits per heavy atom. The van der Waals surface area contributed by atoms with E-state index in [4.69, 9.17) is 0 Å². The van der Waals surface area contributed by atoms with E-state index in [0.717, 1.165) is 48.0 Å². The highest BCUT2D eigenvalue weighted by Gasteiger charge is 2.61. The molecule has 3 saturated carbocycles. The lowest BCUT2D eigenvalue weighted by Crippen LogP contribution is -2.52. The van der Waals surface area contributed by atoms with Crippen LogP contribution in [0.25, 0.3) is 10.9 Å². The molecule has 1 heteroatoms. The molecule has 220 valence electrons. The van der Waals surface area contributed by atoms with Crippen molar-refractivity contribution in [2.45, 2.75) is 118 Å². The average molecular weight is 550 g/mol. The van der Waals surface area contributed by atoms with Gasteiger partial charge in [0.15, 0.2) is 0 Å². The molecular formula is C40H55N. The van der Waals surface area contributed by atoms with Crippen LogP contribution in [0, 0.1) is 46.3 Å². The van der Waals surface area contributed by atoms with E-state index in [1.54, 1.807) is 16.6 Å². The van der Waals surface area contributed by atoms with Gasteiger partial charge in [0.25, 0.3) is 0 Å². The number of nitrogens with zero attached hydrogens (tertiary/aromatic N) is 1. The van der Waals surface area contributed by atoms with Crippen LogP contribution >= 0.6 is 0 Å². The Labute approximate surface area is 250 Å².